The van der Waals surface area contributed by atoms with Crippen molar-refractivity contribution in [3.05, 3.63) is 0 Å². The third kappa shape index (κ3) is 7.03. The average molecular weight is 240 g/mol. The van der Waals surface area contributed by atoms with Crippen LogP contribution in [-0.2, 0) is 4.74 Å². The maximum atomic E-state index is 11.7. The minimum absolute atomic E-state index is 0.116. The minimum Gasteiger partial charge on any atom is -0.371 e. The highest BCUT2D eigenvalue weighted by molar-refractivity contribution is 4.70. The molecule has 0 aliphatic carbocycles. The van der Waals surface area contributed by atoms with Crippen molar-refractivity contribution in [1.29, 1.82) is 0 Å². The van der Waals surface area contributed by atoms with Gasteiger partial charge in [0.1, 0.15) is 6.61 Å². The SMILES string of the molecule is FC(F)(F)COCCNCC1CCNCC1. The van der Waals surface area contributed by atoms with Crippen LogP contribution in [0.4, 0.5) is 13.2 Å². The van der Waals surface area contributed by atoms with Crippen molar-refractivity contribution in [3.8, 4) is 0 Å². The van der Waals surface area contributed by atoms with Crippen LogP contribution >= 0.6 is 0 Å². The minimum atomic E-state index is -4.21. The third-order valence-electron chi connectivity index (χ3n) is 2.58. The summed E-state index contributed by atoms with van der Waals surface area (Å²) in [5, 5.41) is 6.39. The molecular weight excluding hydrogens is 221 g/mol. The van der Waals surface area contributed by atoms with Crippen LogP contribution in [0, 0.1) is 5.92 Å². The molecule has 0 aromatic heterocycles. The molecule has 1 aliphatic heterocycles. The van der Waals surface area contributed by atoms with Crippen LogP contribution in [0.1, 0.15) is 12.8 Å². The molecule has 96 valence electrons. The Balaban J connectivity index is 1.87. The van der Waals surface area contributed by atoms with E-state index >= 15 is 0 Å². The van der Waals surface area contributed by atoms with Gasteiger partial charge >= 0.3 is 6.18 Å². The number of nitrogens with one attached hydrogen (secondary N) is 2. The van der Waals surface area contributed by atoms with Crippen molar-refractivity contribution in [2.24, 2.45) is 5.92 Å². The largest absolute Gasteiger partial charge is 0.411 e. The van der Waals surface area contributed by atoms with E-state index in [1.54, 1.807) is 0 Å². The normalized spacial score (nSPS) is 18.9. The third-order valence-corrected chi connectivity index (χ3v) is 2.58. The molecule has 0 unspecified atom stereocenters. The van der Waals surface area contributed by atoms with E-state index < -0.39 is 12.8 Å². The molecule has 1 fully saturated rings. The average Bonchev–Trinajstić information content (AvgIpc) is 2.23. The molecule has 0 aromatic rings. The second-order valence-electron chi connectivity index (χ2n) is 4.07. The van der Waals surface area contributed by atoms with Gasteiger partial charge in [-0.25, -0.2) is 0 Å². The number of halogens is 3. The summed E-state index contributed by atoms with van der Waals surface area (Å²) >= 11 is 0. The van der Waals surface area contributed by atoms with E-state index in [0.29, 0.717) is 12.5 Å². The predicted octanol–water partition coefficient (Wildman–Crippen LogP) is 1.15. The van der Waals surface area contributed by atoms with E-state index in [4.69, 9.17) is 0 Å². The molecule has 2 N–H and O–H groups in total. The summed E-state index contributed by atoms with van der Waals surface area (Å²) in [6.07, 6.45) is -1.94. The van der Waals surface area contributed by atoms with Gasteiger partial charge in [0.15, 0.2) is 0 Å². The number of hydrogen-bond acceptors (Lipinski definition) is 3. The molecule has 1 heterocycles. The van der Waals surface area contributed by atoms with Crippen LogP contribution < -0.4 is 10.6 Å². The zero-order valence-electron chi connectivity index (χ0n) is 9.28. The van der Waals surface area contributed by atoms with Gasteiger partial charge in [-0.1, -0.05) is 0 Å². The van der Waals surface area contributed by atoms with Crippen LogP contribution in [0.15, 0.2) is 0 Å². The Labute approximate surface area is 93.7 Å². The van der Waals surface area contributed by atoms with Gasteiger partial charge in [-0.3, -0.25) is 0 Å². The van der Waals surface area contributed by atoms with Crippen LogP contribution in [0.25, 0.3) is 0 Å². The molecule has 0 bridgehead atoms. The Hall–Kier alpha value is -0.330. The number of rotatable bonds is 6. The second-order valence-corrected chi connectivity index (χ2v) is 4.07. The first kappa shape index (κ1) is 13.7. The standard InChI is InChI=1S/C10H19F3N2O/c11-10(12,13)8-16-6-5-15-7-9-1-3-14-4-2-9/h9,14-15H,1-8H2. The van der Waals surface area contributed by atoms with Gasteiger partial charge in [0, 0.05) is 6.54 Å². The zero-order valence-corrected chi connectivity index (χ0v) is 9.28. The molecule has 0 spiro atoms. The molecule has 1 aliphatic rings. The van der Waals surface area contributed by atoms with Gasteiger partial charge in [-0.05, 0) is 38.4 Å². The molecule has 6 heteroatoms. The van der Waals surface area contributed by atoms with Gasteiger partial charge < -0.3 is 15.4 Å². The molecule has 16 heavy (non-hydrogen) atoms. The fourth-order valence-corrected chi connectivity index (χ4v) is 1.72. The summed E-state index contributed by atoms with van der Waals surface area (Å²) in [5.41, 5.74) is 0. The first-order valence-corrected chi connectivity index (χ1v) is 5.64. The lowest BCUT2D eigenvalue weighted by Crippen LogP contribution is -2.34. The van der Waals surface area contributed by atoms with E-state index in [1.807, 2.05) is 0 Å². The molecule has 1 rings (SSSR count). The monoisotopic (exact) mass is 240 g/mol. The number of piperidine rings is 1. The first-order valence-electron chi connectivity index (χ1n) is 5.64. The maximum Gasteiger partial charge on any atom is 0.411 e. The molecule has 0 saturated carbocycles. The van der Waals surface area contributed by atoms with Crippen LogP contribution in [-0.4, -0.2) is 45.6 Å². The van der Waals surface area contributed by atoms with Crippen molar-refractivity contribution in [2.45, 2.75) is 19.0 Å². The fraction of sp³-hybridized carbons (Fsp3) is 1.00. The maximum absolute atomic E-state index is 11.7. The Morgan fingerprint density at radius 2 is 1.94 bits per heavy atom. The van der Waals surface area contributed by atoms with Crippen molar-refractivity contribution >= 4 is 0 Å². The van der Waals surface area contributed by atoms with Gasteiger partial charge in [-0.2, -0.15) is 13.2 Å². The molecule has 0 radical (unpaired) electrons. The van der Waals surface area contributed by atoms with Crippen molar-refractivity contribution in [3.63, 3.8) is 0 Å². The number of alkyl halides is 3. The zero-order chi connectivity index (χ0) is 11.9. The molecule has 0 amide bonds. The van der Waals surface area contributed by atoms with E-state index in [0.717, 1.165) is 32.5 Å². The molecule has 0 aromatic carbocycles. The van der Waals surface area contributed by atoms with Crippen molar-refractivity contribution < 1.29 is 17.9 Å². The lowest BCUT2D eigenvalue weighted by molar-refractivity contribution is -0.173. The Kier molecular flexibility index (Phi) is 6.08. The van der Waals surface area contributed by atoms with Crippen molar-refractivity contribution in [2.75, 3.05) is 39.4 Å². The van der Waals surface area contributed by atoms with E-state index in [2.05, 4.69) is 15.4 Å². The van der Waals surface area contributed by atoms with Crippen molar-refractivity contribution in [1.82, 2.24) is 10.6 Å². The highest BCUT2D eigenvalue weighted by atomic mass is 19.4. The summed E-state index contributed by atoms with van der Waals surface area (Å²) < 4.78 is 39.6. The molecule has 3 nitrogen and oxygen atoms in total. The highest BCUT2D eigenvalue weighted by Gasteiger charge is 2.27. The Morgan fingerprint density at radius 1 is 1.25 bits per heavy atom. The lowest BCUT2D eigenvalue weighted by Gasteiger charge is -2.22. The van der Waals surface area contributed by atoms with Crippen LogP contribution in [0.5, 0.6) is 0 Å². The fourth-order valence-electron chi connectivity index (χ4n) is 1.72. The highest BCUT2D eigenvalue weighted by Crippen LogP contribution is 2.14. The number of hydrogen-bond donors (Lipinski definition) is 2. The van der Waals surface area contributed by atoms with Crippen LogP contribution in [0.2, 0.25) is 0 Å². The van der Waals surface area contributed by atoms with E-state index in [1.165, 1.54) is 0 Å². The van der Waals surface area contributed by atoms with Gasteiger partial charge in [0.25, 0.3) is 0 Å². The quantitative estimate of drug-likeness (QED) is 0.683. The van der Waals surface area contributed by atoms with Gasteiger partial charge in [0.2, 0.25) is 0 Å². The van der Waals surface area contributed by atoms with Gasteiger partial charge in [0.05, 0.1) is 6.61 Å². The summed E-state index contributed by atoms with van der Waals surface area (Å²) in [4.78, 5) is 0. The number of ether oxygens (including phenoxy) is 1. The second kappa shape index (κ2) is 7.09. The van der Waals surface area contributed by atoms with Gasteiger partial charge in [-0.15, -0.1) is 0 Å². The molecule has 0 atom stereocenters. The molecular formula is C10H19F3N2O. The lowest BCUT2D eigenvalue weighted by atomic mass is 9.98. The smallest absolute Gasteiger partial charge is 0.371 e. The molecule has 1 saturated heterocycles. The summed E-state index contributed by atoms with van der Waals surface area (Å²) in [6, 6.07) is 0. The summed E-state index contributed by atoms with van der Waals surface area (Å²) in [7, 11) is 0. The predicted molar refractivity (Wildman–Crippen MR) is 55.3 cm³/mol. The first-order chi connectivity index (χ1) is 7.58. The van der Waals surface area contributed by atoms with E-state index in [9.17, 15) is 13.2 Å². The van der Waals surface area contributed by atoms with Crippen LogP contribution in [0.3, 0.4) is 0 Å². The Morgan fingerprint density at radius 3 is 2.56 bits per heavy atom. The van der Waals surface area contributed by atoms with E-state index in [-0.39, 0.29) is 6.61 Å². The summed E-state index contributed by atoms with van der Waals surface area (Å²) in [5.74, 6) is 0.642. The Bertz CT molecular complexity index is 181. The topological polar surface area (TPSA) is 33.3 Å². The summed E-state index contributed by atoms with van der Waals surface area (Å²) in [6.45, 7) is 2.40.